The third-order valence-corrected chi connectivity index (χ3v) is 6.47. The number of hydrogen-bond donors (Lipinski definition) is 1. The molecule has 1 aliphatic heterocycles. The lowest BCUT2D eigenvalue weighted by atomic mass is 10.1. The standard InChI is InChI=1S/C19H19F2NO4S/c20-19(21,27(25,26)14-8-2-1-3-9-14)12-6-7-13-22-17(23)15-10-4-5-11-16(15)18(22)24/h1-5,8-11,17,23H,6-7,12-13H2. The summed E-state index contributed by atoms with van der Waals surface area (Å²) >= 11 is 0. The molecule has 0 saturated carbocycles. The Labute approximate surface area is 156 Å². The maximum Gasteiger partial charge on any atom is 0.350 e. The Balaban J connectivity index is 1.58. The largest absolute Gasteiger partial charge is 0.369 e. The second-order valence-electron chi connectivity index (χ2n) is 6.37. The lowest BCUT2D eigenvalue weighted by Crippen LogP contribution is -2.31. The Morgan fingerprint density at radius 2 is 1.63 bits per heavy atom. The van der Waals surface area contributed by atoms with Gasteiger partial charge < -0.3 is 10.0 Å². The fourth-order valence-electron chi connectivity index (χ4n) is 3.09. The molecule has 27 heavy (non-hydrogen) atoms. The fourth-order valence-corrected chi connectivity index (χ4v) is 4.37. The van der Waals surface area contributed by atoms with Gasteiger partial charge in [-0.15, -0.1) is 0 Å². The Kier molecular flexibility index (Phi) is 5.30. The minimum Gasteiger partial charge on any atom is -0.369 e. The van der Waals surface area contributed by atoms with E-state index in [0.717, 1.165) is 12.1 Å². The van der Waals surface area contributed by atoms with Crippen LogP contribution in [-0.2, 0) is 9.84 Å². The van der Waals surface area contributed by atoms with Crippen LogP contribution in [-0.4, -0.2) is 36.1 Å². The van der Waals surface area contributed by atoms with Gasteiger partial charge in [-0.1, -0.05) is 36.4 Å². The summed E-state index contributed by atoms with van der Waals surface area (Å²) in [4.78, 5) is 13.0. The van der Waals surface area contributed by atoms with Gasteiger partial charge in [-0.05, 0) is 31.0 Å². The summed E-state index contributed by atoms with van der Waals surface area (Å²) in [6.45, 7) is 0.0656. The molecule has 0 radical (unpaired) electrons. The molecule has 1 aliphatic rings. The van der Waals surface area contributed by atoms with Gasteiger partial charge >= 0.3 is 5.25 Å². The Bertz CT molecular complexity index is 932. The van der Waals surface area contributed by atoms with Gasteiger partial charge in [0.25, 0.3) is 5.91 Å². The number of aliphatic hydroxyl groups is 1. The van der Waals surface area contributed by atoms with Crippen molar-refractivity contribution >= 4 is 15.7 Å². The summed E-state index contributed by atoms with van der Waals surface area (Å²) in [6, 6.07) is 13.2. The van der Waals surface area contributed by atoms with Crippen LogP contribution in [0.1, 0.15) is 41.4 Å². The molecule has 1 unspecified atom stereocenters. The molecule has 0 saturated heterocycles. The SMILES string of the molecule is O=C1c2ccccc2C(O)N1CCCCC(F)(F)S(=O)(=O)c1ccccc1. The number of amides is 1. The minimum atomic E-state index is -4.77. The first kappa shape index (κ1) is 19.4. The van der Waals surface area contributed by atoms with Crippen LogP contribution in [0, 0.1) is 0 Å². The van der Waals surface area contributed by atoms with Crippen molar-refractivity contribution in [1.82, 2.24) is 4.90 Å². The third-order valence-electron chi connectivity index (χ3n) is 4.59. The molecule has 3 rings (SSSR count). The molecule has 0 spiro atoms. The number of halogens is 2. The highest BCUT2D eigenvalue weighted by Gasteiger charge is 2.45. The monoisotopic (exact) mass is 395 g/mol. The van der Waals surface area contributed by atoms with E-state index < -0.39 is 32.6 Å². The van der Waals surface area contributed by atoms with Crippen LogP contribution in [0.4, 0.5) is 8.78 Å². The normalized spacial score (nSPS) is 17.2. The van der Waals surface area contributed by atoms with Crippen molar-refractivity contribution < 1.29 is 27.1 Å². The summed E-state index contributed by atoms with van der Waals surface area (Å²) in [5.74, 6) is -0.359. The molecule has 0 bridgehead atoms. The number of unbranched alkanes of at least 4 members (excludes halogenated alkanes) is 1. The van der Waals surface area contributed by atoms with E-state index in [0.29, 0.717) is 11.1 Å². The zero-order valence-electron chi connectivity index (χ0n) is 14.4. The highest BCUT2D eigenvalue weighted by molar-refractivity contribution is 7.92. The van der Waals surface area contributed by atoms with Gasteiger partial charge in [0, 0.05) is 24.1 Å². The number of carbonyl (C=O) groups is 1. The lowest BCUT2D eigenvalue weighted by Gasteiger charge is -2.21. The maximum absolute atomic E-state index is 14.2. The number of carbonyl (C=O) groups excluding carboxylic acids is 1. The highest BCUT2D eigenvalue weighted by atomic mass is 32.2. The third kappa shape index (κ3) is 3.59. The van der Waals surface area contributed by atoms with Gasteiger partial charge in [-0.3, -0.25) is 4.79 Å². The first-order valence-electron chi connectivity index (χ1n) is 8.51. The zero-order chi connectivity index (χ0) is 19.7. The van der Waals surface area contributed by atoms with E-state index in [2.05, 4.69) is 0 Å². The first-order valence-corrected chi connectivity index (χ1v) is 9.99. The van der Waals surface area contributed by atoms with Gasteiger partial charge in [0.15, 0.2) is 6.23 Å². The average molecular weight is 395 g/mol. The number of alkyl halides is 2. The van der Waals surface area contributed by atoms with Crippen LogP contribution in [0.2, 0.25) is 0 Å². The topological polar surface area (TPSA) is 74.7 Å². The smallest absolute Gasteiger partial charge is 0.350 e. The van der Waals surface area contributed by atoms with Crippen molar-refractivity contribution in [1.29, 1.82) is 0 Å². The number of hydrogen-bond acceptors (Lipinski definition) is 4. The van der Waals surface area contributed by atoms with Crippen LogP contribution in [0.15, 0.2) is 59.5 Å². The molecular formula is C19H19F2NO4S. The van der Waals surface area contributed by atoms with Crippen molar-refractivity contribution in [3.8, 4) is 0 Å². The number of sulfone groups is 1. The number of fused-ring (bicyclic) bond motifs is 1. The van der Waals surface area contributed by atoms with Gasteiger partial charge in [0.1, 0.15) is 0 Å². The number of aliphatic hydroxyl groups excluding tert-OH is 1. The van der Waals surface area contributed by atoms with E-state index in [4.69, 9.17) is 0 Å². The summed E-state index contributed by atoms with van der Waals surface area (Å²) in [5.41, 5.74) is 0.876. The van der Waals surface area contributed by atoms with Crippen molar-refractivity contribution in [3.63, 3.8) is 0 Å². The molecule has 144 valence electrons. The molecule has 2 aromatic carbocycles. The van der Waals surface area contributed by atoms with Gasteiger partial charge in [0.2, 0.25) is 9.84 Å². The van der Waals surface area contributed by atoms with E-state index in [9.17, 15) is 27.1 Å². The first-order chi connectivity index (χ1) is 12.8. The Morgan fingerprint density at radius 3 is 2.30 bits per heavy atom. The number of rotatable bonds is 7. The van der Waals surface area contributed by atoms with Crippen molar-refractivity contribution in [2.45, 2.75) is 35.6 Å². The fraction of sp³-hybridized carbons (Fsp3) is 0.316. The Morgan fingerprint density at radius 1 is 1.00 bits per heavy atom. The second kappa shape index (κ2) is 7.36. The molecule has 8 heteroatoms. The van der Waals surface area contributed by atoms with Crippen LogP contribution >= 0.6 is 0 Å². The molecular weight excluding hydrogens is 376 g/mol. The van der Waals surface area contributed by atoms with Gasteiger partial charge in [-0.2, -0.15) is 8.78 Å². The van der Waals surface area contributed by atoms with Crippen LogP contribution in [0.25, 0.3) is 0 Å². The van der Waals surface area contributed by atoms with E-state index in [1.165, 1.54) is 17.0 Å². The predicted octanol–water partition coefficient (Wildman–Crippen LogP) is 3.37. The molecule has 1 N–H and O–H groups in total. The lowest BCUT2D eigenvalue weighted by molar-refractivity contribution is 0.0158. The van der Waals surface area contributed by atoms with Gasteiger partial charge in [-0.25, -0.2) is 8.42 Å². The molecule has 1 amide bonds. The van der Waals surface area contributed by atoms with E-state index in [1.54, 1.807) is 30.3 Å². The molecule has 2 aromatic rings. The maximum atomic E-state index is 14.2. The van der Waals surface area contributed by atoms with Crippen LogP contribution in [0.3, 0.4) is 0 Å². The number of nitrogens with zero attached hydrogens (tertiary/aromatic N) is 1. The molecule has 1 atom stereocenters. The summed E-state index contributed by atoms with van der Waals surface area (Å²) in [7, 11) is -4.77. The zero-order valence-corrected chi connectivity index (χ0v) is 15.2. The average Bonchev–Trinajstić information content (AvgIpc) is 2.90. The van der Waals surface area contributed by atoms with Crippen molar-refractivity contribution in [2.75, 3.05) is 6.54 Å². The second-order valence-corrected chi connectivity index (χ2v) is 8.45. The predicted molar refractivity (Wildman–Crippen MR) is 94.9 cm³/mol. The quantitative estimate of drug-likeness (QED) is 0.730. The van der Waals surface area contributed by atoms with Gasteiger partial charge in [0.05, 0.1) is 4.90 Å². The highest BCUT2D eigenvalue weighted by Crippen LogP contribution is 2.35. The molecule has 1 heterocycles. The summed E-state index contributed by atoms with van der Waals surface area (Å²) in [6.07, 6.45) is -1.92. The van der Waals surface area contributed by atoms with Crippen molar-refractivity contribution in [2.24, 2.45) is 0 Å². The minimum absolute atomic E-state index is 0.0656. The molecule has 0 aliphatic carbocycles. The van der Waals surface area contributed by atoms with E-state index in [1.807, 2.05) is 0 Å². The molecule has 0 fully saturated rings. The van der Waals surface area contributed by atoms with Crippen LogP contribution in [0.5, 0.6) is 0 Å². The Hall–Kier alpha value is -2.32. The molecule has 5 nitrogen and oxygen atoms in total. The van der Waals surface area contributed by atoms with Crippen LogP contribution < -0.4 is 0 Å². The molecule has 0 aromatic heterocycles. The van der Waals surface area contributed by atoms with E-state index in [-0.39, 0.29) is 25.3 Å². The number of benzene rings is 2. The van der Waals surface area contributed by atoms with E-state index >= 15 is 0 Å². The van der Waals surface area contributed by atoms with Crippen molar-refractivity contribution in [3.05, 3.63) is 65.7 Å². The summed E-state index contributed by atoms with van der Waals surface area (Å²) < 4.78 is 52.7. The summed E-state index contributed by atoms with van der Waals surface area (Å²) in [5, 5.41) is 6.31.